The number of likely N-dealkylation sites (tertiary alicyclic amines) is 1. The second-order valence-corrected chi connectivity index (χ2v) is 6.37. The van der Waals surface area contributed by atoms with Crippen molar-refractivity contribution < 1.29 is 9.90 Å². The van der Waals surface area contributed by atoms with Gasteiger partial charge in [-0.25, -0.2) is 0 Å². The molecule has 2 atom stereocenters. The van der Waals surface area contributed by atoms with Gasteiger partial charge in [0.15, 0.2) is 0 Å². The molecule has 3 nitrogen and oxygen atoms in total. The van der Waals surface area contributed by atoms with Gasteiger partial charge in [0, 0.05) is 13.0 Å². The predicted molar refractivity (Wildman–Crippen MR) is 85.3 cm³/mol. The van der Waals surface area contributed by atoms with Crippen molar-refractivity contribution in [1.82, 2.24) is 4.90 Å². The molecule has 21 heavy (non-hydrogen) atoms. The first-order valence-corrected chi connectivity index (χ1v) is 8.13. The van der Waals surface area contributed by atoms with E-state index in [0.717, 1.165) is 19.5 Å². The molecule has 1 aliphatic rings. The summed E-state index contributed by atoms with van der Waals surface area (Å²) in [5.74, 6) is 0.176. The summed E-state index contributed by atoms with van der Waals surface area (Å²) in [4.78, 5) is 13.4. The fraction of sp³-hybridized carbons (Fsp3) is 0.611. The van der Waals surface area contributed by atoms with E-state index in [9.17, 15) is 4.79 Å². The fourth-order valence-corrected chi connectivity index (χ4v) is 3.35. The smallest absolute Gasteiger partial charge is 0.303 e. The highest BCUT2D eigenvalue weighted by molar-refractivity contribution is 5.67. The first kappa shape index (κ1) is 16.0. The number of nitrogens with zero attached hydrogens (tertiary/aromatic N) is 1. The third kappa shape index (κ3) is 5.50. The van der Waals surface area contributed by atoms with Crippen molar-refractivity contribution in [3.05, 3.63) is 35.9 Å². The molecular formula is C18H27NO2. The third-order valence-corrected chi connectivity index (χ3v) is 4.63. The summed E-state index contributed by atoms with van der Waals surface area (Å²) in [5, 5.41) is 8.93. The Labute approximate surface area is 128 Å². The van der Waals surface area contributed by atoms with Crippen molar-refractivity contribution in [2.75, 3.05) is 19.6 Å². The van der Waals surface area contributed by atoms with E-state index in [1.165, 1.54) is 31.4 Å². The zero-order chi connectivity index (χ0) is 15.1. The second-order valence-electron chi connectivity index (χ2n) is 6.37. The minimum absolute atomic E-state index is 0.291. The number of carboxylic acid groups (broad SMARTS) is 1. The van der Waals surface area contributed by atoms with E-state index in [0.29, 0.717) is 18.3 Å². The summed E-state index contributed by atoms with van der Waals surface area (Å²) < 4.78 is 0. The highest BCUT2D eigenvalue weighted by Crippen LogP contribution is 2.26. The molecule has 3 heteroatoms. The summed E-state index contributed by atoms with van der Waals surface area (Å²) in [5.41, 5.74) is 1.41. The molecule has 1 saturated heterocycles. The van der Waals surface area contributed by atoms with Gasteiger partial charge in [-0.05, 0) is 56.2 Å². The van der Waals surface area contributed by atoms with Crippen LogP contribution in [0, 0.1) is 11.8 Å². The van der Waals surface area contributed by atoms with Gasteiger partial charge in [-0.2, -0.15) is 0 Å². The molecule has 1 aromatic carbocycles. The topological polar surface area (TPSA) is 40.5 Å². The van der Waals surface area contributed by atoms with Crippen LogP contribution < -0.4 is 0 Å². The van der Waals surface area contributed by atoms with Crippen molar-refractivity contribution >= 4 is 5.97 Å². The van der Waals surface area contributed by atoms with Crippen molar-refractivity contribution in [3.63, 3.8) is 0 Å². The van der Waals surface area contributed by atoms with Crippen LogP contribution in [-0.4, -0.2) is 35.6 Å². The van der Waals surface area contributed by atoms with Crippen molar-refractivity contribution in [2.45, 2.75) is 39.0 Å². The summed E-state index contributed by atoms with van der Waals surface area (Å²) in [6.45, 7) is 5.46. The van der Waals surface area contributed by atoms with Crippen molar-refractivity contribution in [1.29, 1.82) is 0 Å². The number of aryl methyl sites for hydroxylation is 1. The lowest BCUT2D eigenvalue weighted by atomic mass is 9.84. The molecule has 1 aromatic rings. The SMILES string of the molecule is CC(CC(=O)O)C1CCCN(CCCc2ccccc2)C1. The molecule has 1 fully saturated rings. The summed E-state index contributed by atoms with van der Waals surface area (Å²) in [6.07, 6.45) is 5.02. The number of hydrogen-bond acceptors (Lipinski definition) is 2. The Bertz CT molecular complexity index is 432. The standard InChI is InChI=1S/C18H27NO2/c1-15(13-18(20)21)17-10-6-12-19(14-17)11-5-9-16-7-3-2-4-8-16/h2-4,7-8,15,17H,5-6,9-14H2,1H3,(H,20,21). The number of rotatable bonds is 7. The lowest BCUT2D eigenvalue weighted by molar-refractivity contribution is -0.138. The van der Waals surface area contributed by atoms with Crippen LogP contribution in [0.3, 0.4) is 0 Å². The largest absolute Gasteiger partial charge is 0.481 e. The molecule has 0 radical (unpaired) electrons. The Morgan fingerprint density at radius 3 is 2.86 bits per heavy atom. The van der Waals surface area contributed by atoms with E-state index < -0.39 is 5.97 Å². The number of piperidine rings is 1. The number of hydrogen-bond donors (Lipinski definition) is 1. The normalized spacial score (nSPS) is 21.1. The molecular weight excluding hydrogens is 262 g/mol. The van der Waals surface area contributed by atoms with E-state index in [4.69, 9.17) is 5.11 Å². The van der Waals surface area contributed by atoms with Crippen LogP contribution in [0.4, 0.5) is 0 Å². The summed E-state index contributed by atoms with van der Waals surface area (Å²) in [6, 6.07) is 10.6. The van der Waals surface area contributed by atoms with E-state index in [1.807, 2.05) is 0 Å². The van der Waals surface area contributed by atoms with Gasteiger partial charge in [-0.3, -0.25) is 4.79 Å². The maximum atomic E-state index is 10.8. The van der Waals surface area contributed by atoms with Gasteiger partial charge in [0.2, 0.25) is 0 Å². The predicted octanol–water partition coefficient (Wildman–Crippen LogP) is 3.44. The first-order chi connectivity index (χ1) is 10.1. The molecule has 2 unspecified atom stereocenters. The first-order valence-electron chi connectivity index (χ1n) is 8.13. The van der Waals surface area contributed by atoms with E-state index in [2.05, 4.69) is 42.2 Å². The average molecular weight is 289 g/mol. The maximum Gasteiger partial charge on any atom is 0.303 e. The van der Waals surface area contributed by atoms with Crippen LogP contribution in [-0.2, 0) is 11.2 Å². The summed E-state index contributed by atoms with van der Waals surface area (Å²) in [7, 11) is 0. The Morgan fingerprint density at radius 1 is 1.38 bits per heavy atom. The number of benzene rings is 1. The lowest BCUT2D eigenvalue weighted by Crippen LogP contribution is -2.38. The van der Waals surface area contributed by atoms with E-state index >= 15 is 0 Å². The average Bonchev–Trinajstić information content (AvgIpc) is 2.48. The molecule has 1 aliphatic heterocycles. The highest BCUT2D eigenvalue weighted by Gasteiger charge is 2.25. The molecule has 0 aromatic heterocycles. The zero-order valence-corrected chi connectivity index (χ0v) is 13.0. The highest BCUT2D eigenvalue weighted by atomic mass is 16.4. The van der Waals surface area contributed by atoms with Crippen LogP contribution in [0.5, 0.6) is 0 Å². The zero-order valence-electron chi connectivity index (χ0n) is 13.0. The number of carboxylic acids is 1. The Kier molecular flexibility index (Phi) is 6.24. The third-order valence-electron chi connectivity index (χ3n) is 4.63. The molecule has 116 valence electrons. The molecule has 0 amide bonds. The van der Waals surface area contributed by atoms with Crippen LogP contribution in [0.25, 0.3) is 0 Å². The fourth-order valence-electron chi connectivity index (χ4n) is 3.35. The second kappa shape index (κ2) is 8.18. The van der Waals surface area contributed by atoms with Crippen LogP contribution in [0.15, 0.2) is 30.3 Å². The molecule has 2 rings (SSSR count). The van der Waals surface area contributed by atoms with Crippen molar-refractivity contribution in [2.24, 2.45) is 11.8 Å². The van der Waals surface area contributed by atoms with E-state index in [1.54, 1.807) is 0 Å². The van der Waals surface area contributed by atoms with E-state index in [-0.39, 0.29) is 0 Å². The molecule has 0 saturated carbocycles. The molecule has 0 bridgehead atoms. The van der Waals surface area contributed by atoms with Gasteiger partial charge in [-0.15, -0.1) is 0 Å². The molecule has 0 aliphatic carbocycles. The minimum atomic E-state index is -0.663. The van der Waals surface area contributed by atoms with Gasteiger partial charge in [-0.1, -0.05) is 37.3 Å². The monoisotopic (exact) mass is 289 g/mol. The van der Waals surface area contributed by atoms with Crippen molar-refractivity contribution in [3.8, 4) is 0 Å². The van der Waals surface area contributed by atoms with Gasteiger partial charge in [0.05, 0.1) is 0 Å². The van der Waals surface area contributed by atoms with Gasteiger partial charge in [0.1, 0.15) is 0 Å². The lowest BCUT2D eigenvalue weighted by Gasteiger charge is -2.35. The van der Waals surface area contributed by atoms with Gasteiger partial charge >= 0.3 is 5.97 Å². The van der Waals surface area contributed by atoms with Crippen LogP contribution in [0.2, 0.25) is 0 Å². The Hall–Kier alpha value is -1.35. The quantitative estimate of drug-likeness (QED) is 0.836. The van der Waals surface area contributed by atoms with Crippen LogP contribution >= 0.6 is 0 Å². The number of aliphatic carboxylic acids is 1. The van der Waals surface area contributed by atoms with Gasteiger partial charge < -0.3 is 10.0 Å². The van der Waals surface area contributed by atoms with Crippen LogP contribution in [0.1, 0.15) is 38.2 Å². The Balaban J connectivity index is 1.72. The maximum absolute atomic E-state index is 10.8. The van der Waals surface area contributed by atoms with Gasteiger partial charge in [0.25, 0.3) is 0 Å². The minimum Gasteiger partial charge on any atom is -0.481 e. The Morgan fingerprint density at radius 2 is 2.14 bits per heavy atom. The molecule has 0 spiro atoms. The number of carbonyl (C=O) groups is 1. The molecule has 1 N–H and O–H groups in total. The summed E-state index contributed by atoms with van der Waals surface area (Å²) >= 11 is 0. The molecule has 1 heterocycles.